The monoisotopic (exact) mass is 400 g/mol. The van der Waals surface area contributed by atoms with Gasteiger partial charge < -0.3 is 0 Å². The van der Waals surface area contributed by atoms with E-state index in [1.807, 2.05) is 62.4 Å². The highest BCUT2D eigenvalue weighted by atomic mass is 32.2. The van der Waals surface area contributed by atoms with Gasteiger partial charge in [-0.2, -0.15) is 16.8 Å². The van der Waals surface area contributed by atoms with Gasteiger partial charge in [0.25, 0.3) is 20.2 Å². The molecule has 0 saturated carbocycles. The van der Waals surface area contributed by atoms with E-state index in [0.29, 0.717) is 6.42 Å². The summed E-state index contributed by atoms with van der Waals surface area (Å²) in [6.45, 7) is 3.95. The van der Waals surface area contributed by atoms with Crippen LogP contribution in [-0.4, -0.2) is 33.4 Å². The minimum atomic E-state index is -3.84. The van der Waals surface area contributed by atoms with E-state index in [9.17, 15) is 16.8 Å². The summed E-state index contributed by atoms with van der Waals surface area (Å²) in [5.74, 6) is -0.210. The van der Waals surface area contributed by atoms with Gasteiger partial charge in [-0.15, -0.1) is 0 Å². The average molecular weight is 401 g/mol. The van der Waals surface area contributed by atoms with Gasteiger partial charge in [-0.25, -0.2) is 0 Å². The first kappa shape index (κ1) is 22.3. The Labute approximate surface area is 155 Å². The highest BCUT2D eigenvalue weighted by Gasteiger charge is 2.06. The molecule has 1 N–H and O–H groups in total. The number of hydrogen-bond acceptors (Lipinski definition) is 5. The molecule has 0 aliphatic carbocycles. The Morgan fingerprint density at radius 3 is 1.73 bits per heavy atom. The molecule has 0 heterocycles. The lowest BCUT2D eigenvalue weighted by Crippen LogP contribution is -2.07. The first-order chi connectivity index (χ1) is 12.0. The van der Waals surface area contributed by atoms with Crippen LogP contribution in [0.3, 0.4) is 0 Å². The molecule has 0 aliphatic rings. The Bertz CT molecular complexity index is 841. The van der Waals surface area contributed by atoms with Crippen LogP contribution in [0.15, 0.2) is 48.5 Å². The van der Waals surface area contributed by atoms with E-state index in [1.165, 1.54) is 0 Å². The summed E-state index contributed by atoms with van der Waals surface area (Å²) >= 11 is 0. The maximum Gasteiger partial charge on any atom is 0.265 e. The number of rotatable bonds is 6. The number of hydrogen-bond donors (Lipinski definition) is 1. The van der Waals surface area contributed by atoms with E-state index < -0.39 is 20.2 Å². The molecule has 0 aromatic heterocycles. The van der Waals surface area contributed by atoms with Gasteiger partial charge in [0.1, 0.15) is 0 Å². The fourth-order valence-electron chi connectivity index (χ4n) is 2.07. The molecule has 8 heteroatoms. The fourth-order valence-corrected chi connectivity index (χ4v) is 2.89. The molecule has 26 heavy (non-hydrogen) atoms. The molecule has 0 fully saturated rings. The Balaban J connectivity index is 0.000000260. The van der Waals surface area contributed by atoms with E-state index in [2.05, 4.69) is 4.18 Å². The molecule has 0 amide bonds. The Morgan fingerprint density at radius 2 is 1.31 bits per heavy atom. The van der Waals surface area contributed by atoms with Crippen molar-refractivity contribution in [3.63, 3.8) is 0 Å². The van der Waals surface area contributed by atoms with Crippen LogP contribution in [0.5, 0.6) is 0 Å². The van der Waals surface area contributed by atoms with Crippen molar-refractivity contribution >= 4 is 20.2 Å². The first-order valence-electron chi connectivity index (χ1n) is 7.86. The zero-order valence-electron chi connectivity index (χ0n) is 15.0. The molecule has 0 atom stereocenters. The van der Waals surface area contributed by atoms with Crippen LogP contribution >= 0.6 is 0 Å². The minimum absolute atomic E-state index is 0.117. The zero-order valence-corrected chi connectivity index (χ0v) is 16.7. The molecule has 0 saturated heterocycles. The third kappa shape index (κ3) is 9.67. The van der Waals surface area contributed by atoms with Gasteiger partial charge >= 0.3 is 0 Å². The maximum atomic E-state index is 10.7. The quantitative estimate of drug-likeness (QED) is 0.591. The van der Waals surface area contributed by atoms with Crippen LogP contribution in [0.25, 0.3) is 0 Å². The van der Waals surface area contributed by atoms with Crippen molar-refractivity contribution in [2.45, 2.75) is 26.9 Å². The number of benzene rings is 2. The summed E-state index contributed by atoms with van der Waals surface area (Å²) in [6.07, 6.45) is 1.41. The predicted molar refractivity (Wildman–Crippen MR) is 102 cm³/mol. The van der Waals surface area contributed by atoms with E-state index in [-0.39, 0.29) is 12.4 Å². The molecule has 2 rings (SSSR count). The largest absolute Gasteiger partial charge is 0.286 e. The lowest BCUT2D eigenvalue weighted by molar-refractivity contribution is 0.311. The van der Waals surface area contributed by atoms with Gasteiger partial charge in [-0.1, -0.05) is 48.5 Å². The first-order valence-corrected chi connectivity index (χ1v) is 11.3. The van der Waals surface area contributed by atoms with Gasteiger partial charge in [0, 0.05) is 0 Å². The zero-order chi connectivity index (χ0) is 19.8. The molecule has 0 unspecified atom stereocenters. The van der Waals surface area contributed by atoms with Gasteiger partial charge in [0.05, 0.1) is 18.6 Å². The van der Waals surface area contributed by atoms with Crippen LogP contribution in [0.4, 0.5) is 0 Å². The molecular weight excluding hydrogens is 376 g/mol. The molecule has 144 valence electrons. The third-order valence-corrected chi connectivity index (χ3v) is 4.85. The molecule has 0 bridgehead atoms. The number of aryl methyl sites for hydroxylation is 3. The van der Waals surface area contributed by atoms with Crippen molar-refractivity contribution in [2.75, 3.05) is 12.0 Å². The molecule has 2 aromatic carbocycles. The van der Waals surface area contributed by atoms with Crippen molar-refractivity contribution in [1.82, 2.24) is 0 Å². The summed E-state index contributed by atoms with van der Waals surface area (Å²) in [6, 6.07) is 15.0. The van der Waals surface area contributed by atoms with Crippen LogP contribution in [0, 0.1) is 13.8 Å². The molecule has 0 spiro atoms. The standard InChI is InChI=1S/2C9H12O3S/c1-8-5-3-4-6-9(8)7-12-13(2,10)11;1-8-4-2-3-5-9(8)6-7-13(10,11)12/h3-6H,7H2,1-2H3;2-5H,6-7H2,1H3,(H,10,11,12). The predicted octanol–water partition coefficient (Wildman–Crippen LogP) is 2.90. The van der Waals surface area contributed by atoms with Crippen LogP contribution in [0.2, 0.25) is 0 Å². The third-order valence-electron chi connectivity index (χ3n) is 3.58. The van der Waals surface area contributed by atoms with E-state index in [0.717, 1.165) is 28.5 Å². The van der Waals surface area contributed by atoms with Crippen molar-refractivity contribution in [3.8, 4) is 0 Å². The lowest BCUT2D eigenvalue weighted by Gasteiger charge is -2.04. The van der Waals surface area contributed by atoms with E-state index in [1.54, 1.807) is 0 Å². The van der Waals surface area contributed by atoms with Crippen molar-refractivity contribution in [1.29, 1.82) is 0 Å². The molecule has 6 nitrogen and oxygen atoms in total. The minimum Gasteiger partial charge on any atom is -0.286 e. The molecule has 0 radical (unpaired) electrons. The highest BCUT2D eigenvalue weighted by molar-refractivity contribution is 7.86. The fraction of sp³-hybridized carbons (Fsp3) is 0.333. The topological polar surface area (TPSA) is 97.7 Å². The Morgan fingerprint density at radius 1 is 0.846 bits per heavy atom. The Hall–Kier alpha value is -1.74. The lowest BCUT2D eigenvalue weighted by atomic mass is 10.1. The summed E-state index contributed by atoms with van der Waals surface area (Å²) in [7, 11) is -7.18. The van der Waals surface area contributed by atoms with Crippen molar-refractivity contribution in [3.05, 3.63) is 70.8 Å². The average Bonchev–Trinajstić information content (AvgIpc) is 2.52. The molecular formula is C18H24O6S2. The smallest absolute Gasteiger partial charge is 0.265 e. The van der Waals surface area contributed by atoms with Crippen molar-refractivity contribution < 1.29 is 25.6 Å². The van der Waals surface area contributed by atoms with Gasteiger partial charge in [-0.05, 0) is 42.5 Å². The highest BCUT2D eigenvalue weighted by Crippen LogP contribution is 2.09. The summed E-state index contributed by atoms with van der Waals surface area (Å²) < 4.78 is 55.5. The normalized spacial score (nSPS) is 11.5. The van der Waals surface area contributed by atoms with Gasteiger partial charge in [-0.3, -0.25) is 8.74 Å². The Kier molecular flexibility index (Phi) is 8.42. The SMILES string of the molecule is Cc1ccccc1CCS(=O)(=O)O.Cc1ccccc1COS(C)(=O)=O. The van der Waals surface area contributed by atoms with Crippen LogP contribution in [-0.2, 0) is 37.4 Å². The summed E-state index contributed by atoms with van der Waals surface area (Å²) in [5, 5.41) is 0. The second-order valence-corrected chi connectivity index (χ2v) is 9.07. The van der Waals surface area contributed by atoms with Crippen LogP contribution in [0.1, 0.15) is 22.3 Å². The molecule has 2 aromatic rings. The summed E-state index contributed by atoms with van der Waals surface area (Å²) in [4.78, 5) is 0. The second-order valence-electron chi connectivity index (χ2n) is 5.86. The van der Waals surface area contributed by atoms with Crippen LogP contribution < -0.4 is 0 Å². The van der Waals surface area contributed by atoms with E-state index in [4.69, 9.17) is 4.55 Å². The van der Waals surface area contributed by atoms with Gasteiger partial charge in [0.15, 0.2) is 0 Å². The van der Waals surface area contributed by atoms with Gasteiger partial charge in [0.2, 0.25) is 0 Å². The summed E-state index contributed by atoms with van der Waals surface area (Å²) in [5.41, 5.74) is 3.94. The maximum absolute atomic E-state index is 10.7. The van der Waals surface area contributed by atoms with E-state index >= 15 is 0 Å². The van der Waals surface area contributed by atoms with Crippen molar-refractivity contribution in [2.24, 2.45) is 0 Å². The molecule has 0 aliphatic heterocycles. The second kappa shape index (κ2) is 9.82.